The van der Waals surface area contributed by atoms with Crippen LogP contribution in [0.4, 0.5) is 11.5 Å². The van der Waals surface area contributed by atoms with E-state index in [2.05, 4.69) is 15.4 Å². The molecule has 0 radical (unpaired) electrons. The summed E-state index contributed by atoms with van der Waals surface area (Å²) in [5, 5.41) is 18.0. The fourth-order valence-electron chi connectivity index (χ4n) is 5.44. The molecule has 0 aromatic carbocycles. The van der Waals surface area contributed by atoms with E-state index in [-0.39, 0.29) is 17.7 Å². The smallest absolute Gasteiger partial charge is 0.280 e. The zero-order valence-electron chi connectivity index (χ0n) is 22.0. The van der Waals surface area contributed by atoms with Gasteiger partial charge in [-0.2, -0.15) is 5.10 Å². The summed E-state index contributed by atoms with van der Waals surface area (Å²) in [6.07, 6.45) is 9.91. The van der Waals surface area contributed by atoms with Crippen molar-refractivity contribution in [3.05, 3.63) is 92.3 Å². The predicted molar refractivity (Wildman–Crippen MR) is 147 cm³/mol. The maximum atomic E-state index is 13.5. The SMILES string of the molecule is COCc1cc(Nc2cc(-c3ccnc(-n4ccn5c6c(cc5c4=O)CCC6)c3CO)cn(C)c2=O)nn1C. The van der Waals surface area contributed by atoms with Crippen molar-refractivity contribution < 1.29 is 9.84 Å². The minimum atomic E-state index is -0.347. The Morgan fingerprint density at radius 2 is 1.95 bits per heavy atom. The molecule has 11 nitrogen and oxygen atoms in total. The summed E-state index contributed by atoms with van der Waals surface area (Å²) < 4.78 is 11.8. The molecule has 1 aliphatic carbocycles. The first-order chi connectivity index (χ1) is 18.9. The first-order valence-corrected chi connectivity index (χ1v) is 12.7. The van der Waals surface area contributed by atoms with Gasteiger partial charge in [0.15, 0.2) is 5.82 Å². The molecule has 0 saturated heterocycles. The van der Waals surface area contributed by atoms with Crippen molar-refractivity contribution in [3.8, 4) is 16.9 Å². The van der Waals surface area contributed by atoms with E-state index in [0.717, 1.165) is 25.0 Å². The van der Waals surface area contributed by atoms with Gasteiger partial charge in [0.1, 0.15) is 17.0 Å². The van der Waals surface area contributed by atoms with Gasteiger partial charge in [-0.05, 0) is 48.6 Å². The lowest BCUT2D eigenvalue weighted by atomic mass is 10.0. The molecule has 2 N–H and O–H groups in total. The molecule has 200 valence electrons. The largest absolute Gasteiger partial charge is 0.392 e. The molecular weight excluding hydrogens is 498 g/mol. The quantitative estimate of drug-likeness (QED) is 0.334. The molecule has 39 heavy (non-hydrogen) atoms. The Balaban J connectivity index is 1.44. The Labute approximate surface area is 223 Å². The number of aryl methyl sites for hydroxylation is 4. The minimum Gasteiger partial charge on any atom is -0.392 e. The van der Waals surface area contributed by atoms with Crippen molar-refractivity contribution in [1.29, 1.82) is 0 Å². The highest BCUT2D eigenvalue weighted by atomic mass is 16.5. The number of aromatic nitrogens is 6. The van der Waals surface area contributed by atoms with Crippen molar-refractivity contribution >= 4 is 17.0 Å². The second-order valence-electron chi connectivity index (χ2n) is 9.78. The van der Waals surface area contributed by atoms with E-state index in [0.29, 0.717) is 46.1 Å². The molecule has 0 saturated carbocycles. The highest BCUT2D eigenvalue weighted by Gasteiger charge is 2.21. The van der Waals surface area contributed by atoms with Gasteiger partial charge < -0.3 is 24.1 Å². The Kier molecular flexibility index (Phi) is 6.16. The number of aliphatic hydroxyl groups is 1. The van der Waals surface area contributed by atoms with Gasteiger partial charge in [-0.25, -0.2) is 4.98 Å². The van der Waals surface area contributed by atoms with E-state index < -0.39 is 0 Å². The number of hydrogen-bond acceptors (Lipinski definition) is 7. The van der Waals surface area contributed by atoms with Gasteiger partial charge in [0, 0.05) is 68.9 Å². The van der Waals surface area contributed by atoms with E-state index in [1.165, 1.54) is 20.4 Å². The summed E-state index contributed by atoms with van der Waals surface area (Å²) in [7, 11) is 5.08. The molecule has 11 heteroatoms. The Morgan fingerprint density at radius 3 is 2.74 bits per heavy atom. The zero-order valence-corrected chi connectivity index (χ0v) is 22.0. The molecule has 6 rings (SSSR count). The van der Waals surface area contributed by atoms with Crippen LogP contribution in [0.2, 0.25) is 0 Å². The number of nitrogens with zero attached hydrogens (tertiary/aromatic N) is 6. The fourth-order valence-corrected chi connectivity index (χ4v) is 5.44. The van der Waals surface area contributed by atoms with Crippen LogP contribution in [-0.2, 0) is 44.9 Å². The van der Waals surface area contributed by atoms with Gasteiger partial charge in [-0.15, -0.1) is 0 Å². The number of nitrogens with one attached hydrogen (secondary N) is 1. The molecule has 5 aromatic rings. The van der Waals surface area contributed by atoms with Crippen molar-refractivity contribution in [2.24, 2.45) is 14.1 Å². The number of fused-ring (bicyclic) bond motifs is 3. The van der Waals surface area contributed by atoms with Crippen LogP contribution in [-0.4, -0.2) is 40.5 Å². The standard InChI is InChI=1S/C28H29N7O4/c1-32-14-18(11-22(27(32)37)30-25-13-19(16-39-3)33(2)31-25)20-7-8-29-26(21(20)15-36)35-10-9-34-23-6-4-5-17(23)12-24(34)28(35)38/h7-14,36H,4-6,15-16H2,1-3H3,(H,30,31). The van der Waals surface area contributed by atoms with Gasteiger partial charge in [-0.3, -0.25) is 18.8 Å². The third-order valence-corrected chi connectivity index (χ3v) is 7.34. The van der Waals surface area contributed by atoms with E-state index in [9.17, 15) is 14.7 Å². The van der Waals surface area contributed by atoms with Crippen LogP contribution in [0.15, 0.2) is 58.6 Å². The first-order valence-electron chi connectivity index (χ1n) is 12.7. The summed E-state index contributed by atoms with van der Waals surface area (Å²) in [6.45, 7) is 0.0414. The number of methoxy groups -OCH3 is 1. The van der Waals surface area contributed by atoms with Crippen molar-refractivity contribution in [1.82, 2.24) is 28.3 Å². The van der Waals surface area contributed by atoms with Gasteiger partial charge in [0.2, 0.25) is 0 Å². The molecule has 5 aromatic heterocycles. The average Bonchev–Trinajstić information content (AvgIpc) is 3.62. The lowest BCUT2D eigenvalue weighted by Gasteiger charge is -2.16. The van der Waals surface area contributed by atoms with E-state index in [1.54, 1.807) is 56.6 Å². The van der Waals surface area contributed by atoms with Gasteiger partial charge in [-0.1, -0.05) is 0 Å². The molecule has 0 amide bonds. The first kappa shape index (κ1) is 24.8. The summed E-state index contributed by atoms with van der Waals surface area (Å²) in [5.41, 5.74) is 5.54. The van der Waals surface area contributed by atoms with Gasteiger partial charge in [0.05, 0.1) is 18.9 Å². The summed E-state index contributed by atoms with van der Waals surface area (Å²) in [4.78, 5) is 31.0. The maximum Gasteiger partial charge on any atom is 0.280 e. The van der Waals surface area contributed by atoms with Crippen LogP contribution >= 0.6 is 0 Å². The number of ether oxygens (including phenoxy) is 1. The molecule has 0 atom stereocenters. The predicted octanol–water partition coefficient (Wildman–Crippen LogP) is 2.46. The van der Waals surface area contributed by atoms with E-state index in [4.69, 9.17) is 4.74 Å². The molecule has 5 heterocycles. The summed E-state index contributed by atoms with van der Waals surface area (Å²) in [5.74, 6) is 0.858. The Hall–Kier alpha value is -4.48. The monoisotopic (exact) mass is 527 g/mol. The van der Waals surface area contributed by atoms with E-state index >= 15 is 0 Å². The highest BCUT2D eigenvalue weighted by molar-refractivity contribution is 5.73. The topological polar surface area (TPSA) is 121 Å². The Morgan fingerprint density at radius 1 is 1.10 bits per heavy atom. The van der Waals surface area contributed by atoms with E-state index in [1.807, 2.05) is 22.7 Å². The van der Waals surface area contributed by atoms with Crippen molar-refractivity contribution in [2.75, 3.05) is 12.4 Å². The lowest BCUT2D eigenvalue weighted by Crippen LogP contribution is -2.22. The number of anilines is 2. The lowest BCUT2D eigenvalue weighted by molar-refractivity contribution is 0.178. The molecule has 0 spiro atoms. The molecule has 1 aliphatic rings. The Bertz CT molecular complexity index is 1840. The van der Waals surface area contributed by atoms with Gasteiger partial charge >= 0.3 is 0 Å². The third kappa shape index (κ3) is 4.16. The third-order valence-electron chi connectivity index (χ3n) is 7.34. The van der Waals surface area contributed by atoms with Crippen LogP contribution in [0, 0.1) is 0 Å². The van der Waals surface area contributed by atoms with Crippen LogP contribution in [0.1, 0.15) is 28.9 Å². The van der Waals surface area contributed by atoms with Crippen molar-refractivity contribution in [3.63, 3.8) is 0 Å². The highest BCUT2D eigenvalue weighted by Crippen LogP contribution is 2.29. The average molecular weight is 528 g/mol. The molecule has 0 fully saturated rings. The normalized spacial score (nSPS) is 12.8. The second kappa shape index (κ2) is 9.68. The molecular formula is C28H29N7O4. The number of hydrogen-bond donors (Lipinski definition) is 2. The van der Waals surface area contributed by atoms with Crippen LogP contribution in [0.5, 0.6) is 0 Å². The fraction of sp³-hybridized carbons (Fsp3) is 0.286. The van der Waals surface area contributed by atoms with Gasteiger partial charge in [0.25, 0.3) is 11.1 Å². The molecule has 0 unspecified atom stereocenters. The zero-order chi connectivity index (χ0) is 27.3. The maximum absolute atomic E-state index is 13.5. The summed E-state index contributed by atoms with van der Waals surface area (Å²) in [6, 6.07) is 7.27. The molecule has 0 bridgehead atoms. The van der Waals surface area contributed by atoms with Crippen LogP contribution < -0.4 is 16.4 Å². The minimum absolute atomic E-state index is 0.198. The van der Waals surface area contributed by atoms with Crippen molar-refractivity contribution in [2.45, 2.75) is 32.5 Å². The van der Waals surface area contributed by atoms with Crippen LogP contribution in [0.3, 0.4) is 0 Å². The molecule has 0 aliphatic heterocycles. The number of rotatable bonds is 7. The second-order valence-corrected chi connectivity index (χ2v) is 9.78. The number of pyridine rings is 2. The van der Waals surface area contributed by atoms with Crippen LogP contribution in [0.25, 0.3) is 22.5 Å². The number of aliphatic hydroxyl groups excluding tert-OH is 1. The summed E-state index contributed by atoms with van der Waals surface area (Å²) >= 11 is 0.